The summed E-state index contributed by atoms with van der Waals surface area (Å²) in [5, 5.41) is 2.63. The maximum absolute atomic E-state index is 11.1. The third-order valence-electron chi connectivity index (χ3n) is 2.15. The Bertz CT molecular complexity index is 353. The minimum absolute atomic E-state index is 0.0699. The number of methoxy groups -OCH3 is 1. The molecule has 0 aromatic carbocycles. The predicted octanol–water partition coefficient (Wildman–Crippen LogP) is -0.718. The number of hydrogen-bond donors (Lipinski definition) is 1. The molecule has 1 atom stereocenters. The van der Waals surface area contributed by atoms with Gasteiger partial charge in [0.15, 0.2) is 0 Å². The van der Waals surface area contributed by atoms with Crippen molar-refractivity contribution in [1.82, 2.24) is 10.2 Å². The van der Waals surface area contributed by atoms with Crippen molar-refractivity contribution in [3.63, 3.8) is 0 Å². The number of urea groups is 1. The smallest absolute Gasteiger partial charge is 0.331 e. The van der Waals surface area contributed by atoms with Crippen LogP contribution in [0.1, 0.15) is 0 Å². The molecule has 0 aliphatic carbocycles. The number of rotatable bonds is 4. The van der Waals surface area contributed by atoms with Crippen LogP contribution in [0.4, 0.5) is 4.79 Å². The summed E-state index contributed by atoms with van der Waals surface area (Å²) in [6, 6.07) is -0.417. The van der Waals surface area contributed by atoms with E-state index in [2.05, 4.69) is 10.1 Å². The molecule has 94 valence electrons. The number of carbonyl (C=O) groups is 3. The Morgan fingerprint density at radius 1 is 1.47 bits per heavy atom. The summed E-state index contributed by atoms with van der Waals surface area (Å²) >= 11 is 0. The molecule has 0 aromatic heterocycles. The van der Waals surface area contributed by atoms with Gasteiger partial charge in [0.2, 0.25) is 0 Å². The van der Waals surface area contributed by atoms with Crippen LogP contribution in [0.3, 0.4) is 0 Å². The lowest BCUT2D eigenvalue weighted by atomic mass is 10.3. The van der Waals surface area contributed by atoms with Gasteiger partial charge in [-0.05, 0) is 0 Å². The van der Waals surface area contributed by atoms with Crippen LogP contribution in [0.2, 0.25) is 0 Å². The zero-order valence-corrected chi connectivity index (χ0v) is 9.63. The molecule has 0 spiro atoms. The van der Waals surface area contributed by atoms with Crippen molar-refractivity contribution in [1.29, 1.82) is 0 Å². The van der Waals surface area contributed by atoms with Gasteiger partial charge in [-0.1, -0.05) is 0 Å². The zero-order chi connectivity index (χ0) is 12.8. The number of nitrogens with one attached hydrogen (secondary N) is 1. The Balaban J connectivity index is 2.27. The fourth-order valence-electron chi connectivity index (χ4n) is 1.27. The highest BCUT2D eigenvalue weighted by Gasteiger charge is 2.26. The number of esters is 2. The third-order valence-corrected chi connectivity index (χ3v) is 2.15. The molecule has 7 heteroatoms. The molecule has 0 saturated carbocycles. The first kappa shape index (κ1) is 13.0. The van der Waals surface area contributed by atoms with E-state index in [4.69, 9.17) is 4.74 Å². The van der Waals surface area contributed by atoms with E-state index >= 15 is 0 Å². The summed E-state index contributed by atoms with van der Waals surface area (Å²) in [7, 11) is 2.86. The van der Waals surface area contributed by atoms with Crippen LogP contribution in [0.25, 0.3) is 0 Å². The highest BCUT2D eigenvalue weighted by atomic mass is 16.5. The van der Waals surface area contributed by atoms with Crippen molar-refractivity contribution in [2.75, 3.05) is 27.3 Å². The Hall–Kier alpha value is -2.05. The SMILES string of the molecule is COC(=O)/C=C/C(=O)OCC1CN(C)C(=O)N1. The maximum Gasteiger partial charge on any atom is 0.331 e. The molecule has 1 unspecified atom stereocenters. The summed E-state index contributed by atoms with van der Waals surface area (Å²) in [5.74, 6) is -1.28. The second-order valence-corrected chi connectivity index (χ2v) is 3.51. The quantitative estimate of drug-likeness (QED) is 0.519. The monoisotopic (exact) mass is 242 g/mol. The molecule has 1 saturated heterocycles. The molecule has 1 rings (SSSR count). The van der Waals surface area contributed by atoms with Crippen LogP contribution in [0.15, 0.2) is 12.2 Å². The Morgan fingerprint density at radius 3 is 2.65 bits per heavy atom. The molecule has 0 aromatic rings. The molecule has 1 N–H and O–H groups in total. The first-order chi connectivity index (χ1) is 8.02. The van der Waals surface area contributed by atoms with Crippen molar-refractivity contribution in [3.8, 4) is 0 Å². The van der Waals surface area contributed by atoms with Crippen molar-refractivity contribution in [3.05, 3.63) is 12.2 Å². The maximum atomic E-state index is 11.1. The van der Waals surface area contributed by atoms with Gasteiger partial charge in [-0.2, -0.15) is 0 Å². The van der Waals surface area contributed by atoms with Gasteiger partial charge in [0, 0.05) is 25.7 Å². The van der Waals surface area contributed by atoms with Crippen LogP contribution in [0, 0.1) is 0 Å². The Kier molecular flexibility index (Phi) is 4.50. The third kappa shape index (κ3) is 4.13. The molecule has 2 amide bonds. The summed E-state index contributed by atoms with van der Waals surface area (Å²) < 4.78 is 9.15. The molecule has 0 radical (unpaired) electrons. The second-order valence-electron chi connectivity index (χ2n) is 3.51. The van der Waals surface area contributed by atoms with E-state index in [9.17, 15) is 14.4 Å². The van der Waals surface area contributed by atoms with Gasteiger partial charge in [-0.15, -0.1) is 0 Å². The minimum Gasteiger partial charge on any atom is -0.466 e. The van der Waals surface area contributed by atoms with Gasteiger partial charge in [0.25, 0.3) is 0 Å². The Morgan fingerprint density at radius 2 is 2.12 bits per heavy atom. The molecule has 1 fully saturated rings. The van der Waals surface area contributed by atoms with Gasteiger partial charge in [-0.25, -0.2) is 14.4 Å². The number of nitrogens with zero attached hydrogens (tertiary/aromatic N) is 1. The highest BCUT2D eigenvalue weighted by molar-refractivity contribution is 5.91. The van der Waals surface area contributed by atoms with Crippen molar-refractivity contribution in [2.45, 2.75) is 6.04 Å². The number of carbonyl (C=O) groups excluding carboxylic acids is 3. The number of amides is 2. The van der Waals surface area contributed by atoms with Gasteiger partial charge in [-0.3, -0.25) is 0 Å². The number of likely N-dealkylation sites (N-methyl/N-ethyl adjacent to an activating group) is 1. The minimum atomic E-state index is -0.654. The highest BCUT2D eigenvalue weighted by Crippen LogP contribution is 2.01. The van der Waals surface area contributed by atoms with Crippen LogP contribution in [0.5, 0.6) is 0 Å². The van der Waals surface area contributed by atoms with E-state index in [1.54, 1.807) is 7.05 Å². The molecular weight excluding hydrogens is 228 g/mol. The molecule has 0 bridgehead atoms. The predicted molar refractivity (Wildman–Crippen MR) is 57.1 cm³/mol. The molecule has 1 aliphatic rings. The summed E-state index contributed by atoms with van der Waals surface area (Å²) in [5.41, 5.74) is 0. The average molecular weight is 242 g/mol. The fraction of sp³-hybridized carbons (Fsp3) is 0.500. The molecular formula is C10H14N2O5. The first-order valence-corrected chi connectivity index (χ1v) is 4.97. The average Bonchev–Trinajstić information content (AvgIpc) is 2.63. The molecule has 7 nitrogen and oxygen atoms in total. The van der Waals surface area contributed by atoms with Crippen LogP contribution < -0.4 is 5.32 Å². The van der Waals surface area contributed by atoms with Gasteiger partial charge in [0.1, 0.15) is 6.61 Å². The first-order valence-electron chi connectivity index (χ1n) is 4.97. The van der Waals surface area contributed by atoms with E-state index in [1.807, 2.05) is 0 Å². The standard InChI is InChI=1S/C10H14N2O5/c1-12-5-7(11-10(12)15)6-17-9(14)4-3-8(13)16-2/h3-4,7H,5-6H2,1-2H3,(H,11,15)/b4-3+. The van der Waals surface area contributed by atoms with E-state index in [0.717, 1.165) is 12.2 Å². The lowest BCUT2D eigenvalue weighted by Gasteiger charge is -2.08. The van der Waals surface area contributed by atoms with E-state index in [-0.39, 0.29) is 18.7 Å². The topological polar surface area (TPSA) is 84.9 Å². The summed E-state index contributed by atoms with van der Waals surface area (Å²) in [6.07, 6.45) is 1.95. The zero-order valence-electron chi connectivity index (χ0n) is 9.63. The number of ether oxygens (including phenoxy) is 2. The Labute approximate surface area is 98.3 Å². The lowest BCUT2D eigenvalue weighted by molar-refractivity contribution is -0.139. The summed E-state index contributed by atoms with van der Waals surface area (Å²) in [4.78, 5) is 34.4. The van der Waals surface area contributed by atoms with E-state index in [1.165, 1.54) is 12.0 Å². The molecule has 17 heavy (non-hydrogen) atoms. The lowest BCUT2D eigenvalue weighted by Crippen LogP contribution is -2.31. The van der Waals surface area contributed by atoms with Gasteiger partial charge < -0.3 is 19.7 Å². The van der Waals surface area contributed by atoms with Crippen LogP contribution in [-0.2, 0) is 19.1 Å². The van der Waals surface area contributed by atoms with E-state index in [0.29, 0.717) is 6.54 Å². The number of hydrogen-bond acceptors (Lipinski definition) is 5. The van der Waals surface area contributed by atoms with Crippen molar-refractivity contribution in [2.24, 2.45) is 0 Å². The largest absolute Gasteiger partial charge is 0.466 e. The van der Waals surface area contributed by atoms with Crippen molar-refractivity contribution < 1.29 is 23.9 Å². The van der Waals surface area contributed by atoms with E-state index < -0.39 is 11.9 Å². The fourth-order valence-corrected chi connectivity index (χ4v) is 1.27. The van der Waals surface area contributed by atoms with Crippen molar-refractivity contribution >= 4 is 18.0 Å². The van der Waals surface area contributed by atoms with Gasteiger partial charge >= 0.3 is 18.0 Å². The normalized spacial score (nSPS) is 19.3. The molecule has 1 aliphatic heterocycles. The summed E-state index contributed by atoms with van der Waals surface area (Å²) in [6.45, 7) is 0.549. The molecule has 1 heterocycles. The van der Waals surface area contributed by atoms with Crippen LogP contribution >= 0.6 is 0 Å². The van der Waals surface area contributed by atoms with Gasteiger partial charge in [0.05, 0.1) is 13.2 Å². The van der Waals surface area contributed by atoms with Crippen LogP contribution in [-0.4, -0.2) is 56.2 Å². The second kappa shape index (κ2) is 5.88.